The van der Waals surface area contributed by atoms with Crippen LogP contribution in [0, 0.1) is 6.92 Å². The average Bonchev–Trinajstić information content (AvgIpc) is 2.63. The van der Waals surface area contributed by atoms with Crippen LogP contribution in [0.2, 0.25) is 0 Å². The summed E-state index contributed by atoms with van der Waals surface area (Å²) < 4.78 is 0. The van der Waals surface area contributed by atoms with E-state index in [9.17, 15) is 9.59 Å². The number of anilines is 1. The standard InChI is InChI=1S/C18H23N5O2/c1-13-6-7-16(21-11-13)22-17(24)8-10-20-18(25)23(3)14(2)15-5-4-9-19-12-15/h4-7,9,11-12,14H,8,10H2,1-3H3,(H,20,25)(H,21,22,24)/t14-/m0/s1. The maximum absolute atomic E-state index is 12.2. The molecule has 2 N–H and O–H groups in total. The first-order valence-electron chi connectivity index (χ1n) is 8.10. The average molecular weight is 341 g/mol. The maximum atomic E-state index is 12.2. The van der Waals surface area contributed by atoms with Crippen molar-refractivity contribution in [3.8, 4) is 0 Å². The topological polar surface area (TPSA) is 87.2 Å². The minimum absolute atomic E-state index is 0.112. The number of aryl methyl sites for hydroxylation is 1. The van der Waals surface area contributed by atoms with Gasteiger partial charge in [0.2, 0.25) is 5.91 Å². The normalized spacial score (nSPS) is 11.5. The van der Waals surface area contributed by atoms with E-state index in [0.717, 1.165) is 11.1 Å². The quantitative estimate of drug-likeness (QED) is 0.845. The summed E-state index contributed by atoms with van der Waals surface area (Å²) in [5, 5.41) is 5.44. The van der Waals surface area contributed by atoms with Crippen molar-refractivity contribution in [2.45, 2.75) is 26.3 Å². The SMILES string of the molecule is Cc1ccc(NC(=O)CCNC(=O)N(C)[C@@H](C)c2cccnc2)nc1. The zero-order valence-corrected chi connectivity index (χ0v) is 14.7. The molecule has 132 valence electrons. The molecule has 0 aliphatic heterocycles. The number of amides is 3. The van der Waals surface area contributed by atoms with Crippen molar-refractivity contribution >= 4 is 17.8 Å². The van der Waals surface area contributed by atoms with Gasteiger partial charge in [-0.3, -0.25) is 9.78 Å². The van der Waals surface area contributed by atoms with Gasteiger partial charge in [-0.2, -0.15) is 0 Å². The van der Waals surface area contributed by atoms with Gasteiger partial charge in [-0.15, -0.1) is 0 Å². The summed E-state index contributed by atoms with van der Waals surface area (Å²) in [4.78, 5) is 33.8. The summed E-state index contributed by atoms with van der Waals surface area (Å²) in [7, 11) is 1.71. The van der Waals surface area contributed by atoms with E-state index in [1.54, 1.807) is 36.6 Å². The number of carbonyl (C=O) groups excluding carboxylic acids is 2. The van der Waals surface area contributed by atoms with Crippen LogP contribution in [0.15, 0.2) is 42.9 Å². The lowest BCUT2D eigenvalue weighted by Crippen LogP contribution is -2.39. The predicted octanol–water partition coefficient (Wildman–Crippen LogP) is 2.52. The first-order chi connectivity index (χ1) is 12.0. The Morgan fingerprint density at radius 3 is 2.68 bits per heavy atom. The van der Waals surface area contributed by atoms with E-state index in [1.807, 2.05) is 32.0 Å². The minimum Gasteiger partial charge on any atom is -0.337 e. The first-order valence-corrected chi connectivity index (χ1v) is 8.10. The third-order valence-corrected chi connectivity index (χ3v) is 3.88. The van der Waals surface area contributed by atoms with Gasteiger partial charge in [0.05, 0.1) is 6.04 Å². The summed E-state index contributed by atoms with van der Waals surface area (Å²) in [6.45, 7) is 4.10. The molecule has 3 amide bonds. The number of hydrogen-bond acceptors (Lipinski definition) is 4. The molecule has 0 aliphatic carbocycles. The van der Waals surface area contributed by atoms with E-state index in [4.69, 9.17) is 0 Å². The molecule has 1 atom stereocenters. The molecule has 2 heterocycles. The summed E-state index contributed by atoms with van der Waals surface area (Å²) in [6.07, 6.45) is 5.29. The number of nitrogens with zero attached hydrogens (tertiary/aromatic N) is 3. The second-order valence-corrected chi connectivity index (χ2v) is 5.82. The van der Waals surface area contributed by atoms with Gasteiger partial charge in [-0.1, -0.05) is 12.1 Å². The molecule has 2 aromatic heterocycles. The fourth-order valence-corrected chi connectivity index (χ4v) is 2.18. The highest BCUT2D eigenvalue weighted by Crippen LogP contribution is 2.17. The fourth-order valence-electron chi connectivity index (χ4n) is 2.18. The first kappa shape index (κ1) is 18.4. The van der Waals surface area contributed by atoms with Crippen LogP contribution in [0.3, 0.4) is 0 Å². The molecule has 0 radical (unpaired) electrons. The number of nitrogens with one attached hydrogen (secondary N) is 2. The van der Waals surface area contributed by atoms with Crippen LogP contribution in [0.25, 0.3) is 0 Å². The van der Waals surface area contributed by atoms with Crippen molar-refractivity contribution in [1.29, 1.82) is 0 Å². The van der Waals surface area contributed by atoms with Gasteiger partial charge in [0.1, 0.15) is 5.82 Å². The molecule has 0 bridgehead atoms. The molecule has 0 unspecified atom stereocenters. The van der Waals surface area contributed by atoms with E-state index in [-0.39, 0.29) is 30.9 Å². The lowest BCUT2D eigenvalue weighted by atomic mass is 10.1. The maximum Gasteiger partial charge on any atom is 0.317 e. The predicted molar refractivity (Wildman–Crippen MR) is 96.0 cm³/mol. The van der Waals surface area contributed by atoms with Crippen LogP contribution in [0.5, 0.6) is 0 Å². The molecule has 0 aliphatic rings. The van der Waals surface area contributed by atoms with Crippen LogP contribution in [0.4, 0.5) is 10.6 Å². The molecule has 25 heavy (non-hydrogen) atoms. The zero-order valence-electron chi connectivity index (χ0n) is 14.7. The Hall–Kier alpha value is -2.96. The molecule has 2 aromatic rings. The third kappa shape index (κ3) is 5.56. The van der Waals surface area contributed by atoms with E-state index in [0.29, 0.717) is 5.82 Å². The highest BCUT2D eigenvalue weighted by molar-refractivity contribution is 5.90. The third-order valence-electron chi connectivity index (χ3n) is 3.88. The molecular weight excluding hydrogens is 318 g/mol. The monoisotopic (exact) mass is 341 g/mol. The molecule has 0 aromatic carbocycles. The van der Waals surface area contributed by atoms with Crippen LogP contribution in [0.1, 0.15) is 30.5 Å². The Balaban J connectivity index is 1.75. The van der Waals surface area contributed by atoms with Gasteiger partial charge in [-0.25, -0.2) is 9.78 Å². The largest absolute Gasteiger partial charge is 0.337 e. The Bertz CT molecular complexity index is 703. The summed E-state index contributed by atoms with van der Waals surface area (Å²) in [5.41, 5.74) is 1.97. The number of carbonyl (C=O) groups is 2. The van der Waals surface area contributed by atoms with Crippen molar-refractivity contribution in [2.75, 3.05) is 18.9 Å². The Kier molecular flexibility index (Phi) is 6.45. The molecule has 7 nitrogen and oxygen atoms in total. The van der Waals surface area contributed by atoms with Gasteiger partial charge in [0.15, 0.2) is 0 Å². The van der Waals surface area contributed by atoms with Crippen molar-refractivity contribution in [2.24, 2.45) is 0 Å². The number of hydrogen-bond donors (Lipinski definition) is 2. The van der Waals surface area contributed by atoms with Crippen LogP contribution < -0.4 is 10.6 Å². The van der Waals surface area contributed by atoms with Gasteiger partial charge in [0, 0.05) is 38.6 Å². The van der Waals surface area contributed by atoms with Crippen molar-refractivity contribution in [1.82, 2.24) is 20.2 Å². The smallest absolute Gasteiger partial charge is 0.317 e. The lowest BCUT2D eigenvalue weighted by molar-refractivity contribution is -0.116. The Morgan fingerprint density at radius 1 is 1.24 bits per heavy atom. The second-order valence-electron chi connectivity index (χ2n) is 5.82. The highest BCUT2D eigenvalue weighted by Gasteiger charge is 2.17. The molecule has 0 spiro atoms. The lowest BCUT2D eigenvalue weighted by Gasteiger charge is -2.25. The molecule has 2 rings (SSSR count). The van der Waals surface area contributed by atoms with Crippen molar-refractivity contribution in [3.63, 3.8) is 0 Å². The van der Waals surface area contributed by atoms with Gasteiger partial charge < -0.3 is 15.5 Å². The number of pyridine rings is 2. The van der Waals surface area contributed by atoms with Crippen LogP contribution >= 0.6 is 0 Å². The van der Waals surface area contributed by atoms with Gasteiger partial charge >= 0.3 is 6.03 Å². The molecule has 0 saturated heterocycles. The molecular formula is C18H23N5O2. The van der Waals surface area contributed by atoms with Crippen LogP contribution in [-0.2, 0) is 4.79 Å². The fraction of sp³-hybridized carbons (Fsp3) is 0.333. The summed E-state index contributed by atoms with van der Waals surface area (Å²) in [5.74, 6) is 0.309. The van der Waals surface area contributed by atoms with Gasteiger partial charge in [-0.05, 0) is 37.1 Å². The summed E-state index contributed by atoms with van der Waals surface area (Å²) in [6, 6.07) is 7.02. The van der Waals surface area contributed by atoms with Gasteiger partial charge in [0.25, 0.3) is 0 Å². The minimum atomic E-state index is -0.238. The van der Waals surface area contributed by atoms with E-state index < -0.39 is 0 Å². The number of rotatable bonds is 6. The van der Waals surface area contributed by atoms with Crippen LogP contribution in [-0.4, -0.2) is 40.4 Å². The van der Waals surface area contributed by atoms with Crippen molar-refractivity contribution < 1.29 is 9.59 Å². The van der Waals surface area contributed by atoms with Crippen molar-refractivity contribution in [3.05, 3.63) is 54.0 Å². The van der Waals surface area contributed by atoms with E-state index in [2.05, 4.69) is 20.6 Å². The number of aromatic nitrogens is 2. The molecule has 0 saturated carbocycles. The highest BCUT2D eigenvalue weighted by atomic mass is 16.2. The molecule has 0 fully saturated rings. The Morgan fingerprint density at radius 2 is 2.04 bits per heavy atom. The second kappa shape index (κ2) is 8.77. The number of urea groups is 1. The summed E-state index contributed by atoms with van der Waals surface area (Å²) >= 11 is 0. The molecule has 7 heteroatoms. The zero-order chi connectivity index (χ0) is 18.2. The van der Waals surface area contributed by atoms with E-state index >= 15 is 0 Å². The van der Waals surface area contributed by atoms with E-state index in [1.165, 1.54) is 0 Å². The Labute approximate surface area is 147 Å².